The van der Waals surface area contributed by atoms with Crippen LogP contribution in [0.25, 0.3) is 0 Å². The molecule has 2 rings (SSSR count). The van der Waals surface area contributed by atoms with Gasteiger partial charge in [-0.15, -0.1) is 0 Å². The summed E-state index contributed by atoms with van der Waals surface area (Å²) in [4.78, 5) is 13.6. The van der Waals surface area contributed by atoms with Crippen molar-refractivity contribution in [2.24, 2.45) is 5.92 Å². The molecule has 4 nitrogen and oxygen atoms in total. The van der Waals surface area contributed by atoms with E-state index in [1.54, 1.807) is 12.1 Å². The van der Waals surface area contributed by atoms with Crippen molar-refractivity contribution in [3.63, 3.8) is 0 Å². The fourth-order valence-corrected chi connectivity index (χ4v) is 2.62. The number of hydrogen-bond donors (Lipinski definition) is 1. The molecule has 0 amide bonds. The van der Waals surface area contributed by atoms with Crippen LogP contribution in [0, 0.1) is 5.92 Å². The van der Waals surface area contributed by atoms with Crippen LogP contribution in [0.3, 0.4) is 0 Å². The Morgan fingerprint density at radius 2 is 2.20 bits per heavy atom. The largest absolute Gasteiger partial charge is 0.496 e. The second-order valence-corrected chi connectivity index (χ2v) is 5.46. The SMILES string of the molecule is CCN(Cc1ccc(OC)c(C(=O)O)c1)CC1CCC1. The third kappa shape index (κ3) is 3.51. The summed E-state index contributed by atoms with van der Waals surface area (Å²) in [7, 11) is 1.50. The molecule has 0 bridgehead atoms. The summed E-state index contributed by atoms with van der Waals surface area (Å²) in [6.45, 7) is 5.06. The van der Waals surface area contributed by atoms with Gasteiger partial charge in [-0.1, -0.05) is 19.4 Å². The molecule has 1 aromatic rings. The lowest BCUT2D eigenvalue weighted by Crippen LogP contribution is -2.32. The van der Waals surface area contributed by atoms with Crippen LogP contribution in [0.4, 0.5) is 0 Å². The molecule has 20 heavy (non-hydrogen) atoms. The normalized spacial score (nSPS) is 15.2. The molecule has 110 valence electrons. The van der Waals surface area contributed by atoms with Crippen molar-refractivity contribution in [2.45, 2.75) is 32.7 Å². The first-order valence-corrected chi connectivity index (χ1v) is 7.26. The van der Waals surface area contributed by atoms with E-state index in [1.807, 2.05) is 6.07 Å². The molecule has 0 spiro atoms. The molecule has 1 N–H and O–H groups in total. The first kappa shape index (κ1) is 14.9. The minimum atomic E-state index is -0.939. The molecule has 1 fully saturated rings. The molecular weight excluding hydrogens is 254 g/mol. The maximum atomic E-state index is 11.2. The van der Waals surface area contributed by atoms with Gasteiger partial charge in [-0.05, 0) is 43.0 Å². The van der Waals surface area contributed by atoms with Gasteiger partial charge in [-0.2, -0.15) is 0 Å². The summed E-state index contributed by atoms with van der Waals surface area (Å²) in [5, 5.41) is 9.21. The Kier molecular flexibility index (Phi) is 5.01. The highest BCUT2D eigenvalue weighted by Crippen LogP contribution is 2.28. The molecule has 0 unspecified atom stereocenters. The standard InChI is InChI=1S/C16H23NO3/c1-3-17(10-12-5-4-6-12)11-13-7-8-15(20-2)14(9-13)16(18)19/h7-9,12H,3-6,10-11H2,1-2H3,(H,18,19). The van der Waals surface area contributed by atoms with Crippen molar-refractivity contribution in [1.82, 2.24) is 4.90 Å². The number of carbonyl (C=O) groups is 1. The molecule has 0 saturated heterocycles. The molecule has 0 atom stereocenters. The van der Waals surface area contributed by atoms with Gasteiger partial charge in [0.15, 0.2) is 0 Å². The van der Waals surface area contributed by atoms with Crippen LogP contribution in [0.5, 0.6) is 5.75 Å². The smallest absolute Gasteiger partial charge is 0.339 e. The van der Waals surface area contributed by atoms with Crippen molar-refractivity contribution in [3.05, 3.63) is 29.3 Å². The van der Waals surface area contributed by atoms with E-state index in [9.17, 15) is 9.90 Å². The number of carboxylic acids is 1. The van der Waals surface area contributed by atoms with Crippen LogP contribution in [-0.2, 0) is 6.54 Å². The van der Waals surface area contributed by atoms with E-state index < -0.39 is 5.97 Å². The molecule has 0 aliphatic heterocycles. The summed E-state index contributed by atoms with van der Waals surface area (Å²) < 4.78 is 5.09. The van der Waals surface area contributed by atoms with Gasteiger partial charge in [0, 0.05) is 13.1 Å². The van der Waals surface area contributed by atoms with E-state index in [0.29, 0.717) is 5.75 Å². The number of carboxylic acid groups (broad SMARTS) is 1. The van der Waals surface area contributed by atoms with E-state index in [2.05, 4.69) is 11.8 Å². The summed E-state index contributed by atoms with van der Waals surface area (Å²) in [6.07, 6.45) is 4.02. The molecule has 0 radical (unpaired) electrons. The molecular formula is C16H23NO3. The Hall–Kier alpha value is -1.55. The number of benzene rings is 1. The number of aromatic carboxylic acids is 1. The first-order valence-electron chi connectivity index (χ1n) is 7.26. The van der Waals surface area contributed by atoms with E-state index in [4.69, 9.17) is 4.74 Å². The van der Waals surface area contributed by atoms with E-state index in [-0.39, 0.29) is 5.56 Å². The Morgan fingerprint density at radius 1 is 1.45 bits per heavy atom. The maximum absolute atomic E-state index is 11.2. The van der Waals surface area contributed by atoms with Crippen LogP contribution < -0.4 is 4.74 Å². The number of ether oxygens (including phenoxy) is 1. The Bertz CT molecular complexity index is 469. The molecule has 1 aliphatic carbocycles. The highest BCUT2D eigenvalue weighted by atomic mass is 16.5. The van der Waals surface area contributed by atoms with Gasteiger partial charge in [-0.3, -0.25) is 4.90 Å². The summed E-state index contributed by atoms with van der Waals surface area (Å²) in [6, 6.07) is 5.43. The number of methoxy groups -OCH3 is 1. The van der Waals surface area contributed by atoms with Gasteiger partial charge in [0.05, 0.1) is 7.11 Å². The van der Waals surface area contributed by atoms with Crippen molar-refractivity contribution < 1.29 is 14.6 Å². The van der Waals surface area contributed by atoms with E-state index in [1.165, 1.54) is 26.4 Å². The predicted octanol–water partition coefficient (Wildman–Crippen LogP) is 3.02. The second kappa shape index (κ2) is 6.75. The van der Waals surface area contributed by atoms with Gasteiger partial charge >= 0.3 is 5.97 Å². The zero-order valence-corrected chi connectivity index (χ0v) is 12.3. The van der Waals surface area contributed by atoms with Gasteiger partial charge in [0.25, 0.3) is 0 Å². The van der Waals surface area contributed by atoms with Gasteiger partial charge < -0.3 is 9.84 Å². The maximum Gasteiger partial charge on any atom is 0.339 e. The van der Waals surface area contributed by atoms with Crippen LogP contribution in [0.2, 0.25) is 0 Å². The highest BCUT2D eigenvalue weighted by molar-refractivity contribution is 5.91. The lowest BCUT2D eigenvalue weighted by molar-refractivity contribution is 0.0693. The zero-order valence-electron chi connectivity index (χ0n) is 12.3. The molecule has 4 heteroatoms. The molecule has 1 aromatic carbocycles. The first-order chi connectivity index (χ1) is 9.63. The fourth-order valence-electron chi connectivity index (χ4n) is 2.62. The fraction of sp³-hybridized carbons (Fsp3) is 0.562. The quantitative estimate of drug-likeness (QED) is 0.832. The lowest BCUT2D eigenvalue weighted by atomic mass is 9.85. The Balaban J connectivity index is 2.07. The molecule has 0 heterocycles. The van der Waals surface area contributed by atoms with E-state index >= 15 is 0 Å². The van der Waals surface area contributed by atoms with E-state index in [0.717, 1.165) is 31.1 Å². The third-order valence-corrected chi connectivity index (χ3v) is 4.09. The number of rotatable bonds is 7. The van der Waals surface area contributed by atoms with Crippen molar-refractivity contribution in [1.29, 1.82) is 0 Å². The zero-order chi connectivity index (χ0) is 14.5. The van der Waals surface area contributed by atoms with Gasteiger partial charge in [-0.25, -0.2) is 4.79 Å². The van der Waals surface area contributed by atoms with Crippen molar-refractivity contribution in [2.75, 3.05) is 20.2 Å². The molecule has 0 aromatic heterocycles. The van der Waals surface area contributed by atoms with Gasteiger partial charge in [0.2, 0.25) is 0 Å². The molecule has 1 saturated carbocycles. The Morgan fingerprint density at radius 3 is 2.70 bits per heavy atom. The minimum absolute atomic E-state index is 0.240. The highest BCUT2D eigenvalue weighted by Gasteiger charge is 2.20. The topological polar surface area (TPSA) is 49.8 Å². The average Bonchev–Trinajstić information content (AvgIpc) is 2.41. The van der Waals surface area contributed by atoms with Crippen LogP contribution >= 0.6 is 0 Å². The summed E-state index contributed by atoms with van der Waals surface area (Å²) >= 11 is 0. The number of nitrogens with zero attached hydrogens (tertiary/aromatic N) is 1. The average molecular weight is 277 g/mol. The Labute approximate surface area is 120 Å². The molecule has 1 aliphatic rings. The number of hydrogen-bond acceptors (Lipinski definition) is 3. The van der Waals surface area contributed by atoms with Crippen molar-refractivity contribution >= 4 is 5.97 Å². The minimum Gasteiger partial charge on any atom is -0.496 e. The monoisotopic (exact) mass is 277 g/mol. The van der Waals surface area contributed by atoms with Crippen molar-refractivity contribution in [3.8, 4) is 5.75 Å². The predicted molar refractivity (Wildman–Crippen MR) is 78.2 cm³/mol. The lowest BCUT2D eigenvalue weighted by Gasteiger charge is -2.31. The van der Waals surface area contributed by atoms with Gasteiger partial charge in [0.1, 0.15) is 11.3 Å². The summed E-state index contributed by atoms with van der Waals surface area (Å²) in [5.41, 5.74) is 1.27. The van der Waals surface area contributed by atoms with Crippen LogP contribution in [0.1, 0.15) is 42.1 Å². The second-order valence-electron chi connectivity index (χ2n) is 5.46. The summed E-state index contributed by atoms with van der Waals surface area (Å²) in [5.74, 6) is 0.307. The van der Waals surface area contributed by atoms with Crippen LogP contribution in [0.15, 0.2) is 18.2 Å². The third-order valence-electron chi connectivity index (χ3n) is 4.09. The van der Waals surface area contributed by atoms with Crippen LogP contribution in [-0.4, -0.2) is 36.2 Å².